The van der Waals surface area contributed by atoms with Crippen LogP contribution in [0.15, 0.2) is 48.5 Å². The maximum atomic E-state index is 12.6. The molecule has 136 valence electrons. The number of amides is 1. The number of benzene rings is 2. The zero-order chi connectivity index (χ0) is 18.8. The molecule has 0 bridgehead atoms. The maximum Gasteiger partial charge on any atom is 0.274 e. The van der Waals surface area contributed by atoms with Gasteiger partial charge in [-0.1, -0.05) is 17.7 Å². The number of hydrogen-bond acceptors (Lipinski definition) is 6. The molecule has 8 heteroatoms. The van der Waals surface area contributed by atoms with Gasteiger partial charge in [0.25, 0.3) is 5.91 Å². The molecular weight excluding hydrogens is 368 g/mol. The summed E-state index contributed by atoms with van der Waals surface area (Å²) in [5.41, 5.74) is 1.59. The minimum atomic E-state index is -0.353. The minimum absolute atomic E-state index is 0.177. The van der Waals surface area contributed by atoms with Crippen LogP contribution in [-0.4, -0.2) is 22.7 Å². The number of halogens is 1. The first-order chi connectivity index (χ1) is 13.1. The Morgan fingerprint density at radius 1 is 1.04 bits per heavy atom. The molecule has 3 aromatic rings. The lowest BCUT2D eigenvalue weighted by atomic mass is 10.2. The molecule has 0 radical (unpaired) electrons. The smallest absolute Gasteiger partial charge is 0.274 e. The van der Waals surface area contributed by atoms with E-state index in [9.17, 15) is 4.79 Å². The number of nitrogens with one attached hydrogen (secondary N) is 2. The topological polar surface area (TPSA) is 85.4 Å². The number of aromatic nitrogens is 2. The van der Waals surface area contributed by atoms with Crippen LogP contribution in [-0.2, 0) is 0 Å². The number of hydrogen-bond donors (Lipinski definition) is 2. The van der Waals surface area contributed by atoms with Gasteiger partial charge < -0.3 is 20.1 Å². The molecule has 1 amide bonds. The van der Waals surface area contributed by atoms with Crippen molar-refractivity contribution in [3.8, 4) is 11.5 Å². The number of aryl methyl sites for hydroxylation is 1. The Kier molecular flexibility index (Phi) is 4.52. The number of ether oxygens (including phenoxy) is 2. The fraction of sp³-hybridized carbons (Fsp3) is 0.105. The highest BCUT2D eigenvalue weighted by atomic mass is 35.5. The van der Waals surface area contributed by atoms with Gasteiger partial charge in [-0.05, 0) is 37.3 Å². The van der Waals surface area contributed by atoms with Crippen molar-refractivity contribution in [2.45, 2.75) is 6.92 Å². The molecule has 0 aliphatic carbocycles. The molecule has 0 saturated carbocycles. The largest absolute Gasteiger partial charge is 0.454 e. The summed E-state index contributed by atoms with van der Waals surface area (Å²) in [7, 11) is 0. The molecule has 1 aromatic heterocycles. The second-order valence-electron chi connectivity index (χ2n) is 5.84. The normalized spacial score (nSPS) is 11.9. The van der Waals surface area contributed by atoms with Crippen molar-refractivity contribution in [3.05, 3.63) is 65.1 Å². The van der Waals surface area contributed by atoms with E-state index in [1.54, 1.807) is 43.3 Å². The van der Waals surface area contributed by atoms with Crippen LogP contribution in [0, 0.1) is 6.92 Å². The Bertz CT molecular complexity index is 1030. The van der Waals surface area contributed by atoms with Crippen molar-refractivity contribution in [3.63, 3.8) is 0 Å². The molecule has 0 atom stereocenters. The Balaban J connectivity index is 1.54. The molecule has 0 fully saturated rings. The minimum Gasteiger partial charge on any atom is -0.454 e. The maximum absolute atomic E-state index is 12.6. The summed E-state index contributed by atoms with van der Waals surface area (Å²) in [5, 5.41) is 6.53. The fourth-order valence-electron chi connectivity index (χ4n) is 2.63. The van der Waals surface area contributed by atoms with E-state index in [1.807, 2.05) is 12.1 Å². The van der Waals surface area contributed by atoms with Gasteiger partial charge in [0.1, 0.15) is 17.3 Å². The number of anilines is 3. The quantitative estimate of drug-likeness (QED) is 0.704. The average molecular weight is 383 g/mol. The van der Waals surface area contributed by atoms with Crippen molar-refractivity contribution in [1.82, 2.24) is 9.97 Å². The molecule has 27 heavy (non-hydrogen) atoms. The second kappa shape index (κ2) is 7.13. The van der Waals surface area contributed by atoms with Crippen molar-refractivity contribution in [2.75, 3.05) is 17.4 Å². The lowest BCUT2D eigenvalue weighted by molar-refractivity contribution is 0.102. The molecule has 7 nitrogen and oxygen atoms in total. The van der Waals surface area contributed by atoms with E-state index in [4.69, 9.17) is 21.1 Å². The first-order valence-corrected chi connectivity index (χ1v) is 8.54. The molecule has 2 heterocycles. The molecule has 2 N–H and O–H groups in total. The van der Waals surface area contributed by atoms with Gasteiger partial charge in [0.2, 0.25) is 6.79 Å². The van der Waals surface area contributed by atoms with Gasteiger partial charge in [0.05, 0.1) is 0 Å². The summed E-state index contributed by atoms with van der Waals surface area (Å²) < 4.78 is 10.6. The third-order valence-electron chi connectivity index (χ3n) is 3.80. The Labute approximate surface area is 160 Å². The van der Waals surface area contributed by atoms with Crippen molar-refractivity contribution < 1.29 is 14.3 Å². The summed E-state index contributed by atoms with van der Waals surface area (Å²) in [6.45, 7) is 1.90. The van der Waals surface area contributed by atoms with Crippen LogP contribution in [0.4, 0.5) is 17.2 Å². The number of nitrogens with zero attached hydrogens (tertiary/aromatic N) is 2. The van der Waals surface area contributed by atoms with Gasteiger partial charge in [0.15, 0.2) is 11.5 Å². The molecule has 1 aliphatic rings. The molecule has 2 aromatic carbocycles. The number of rotatable bonds is 4. The number of carbonyl (C=O) groups excluding carboxylic acids is 1. The summed E-state index contributed by atoms with van der Waals surface area (Å²) >= 11 is 6.00. The first kappa shape index (κ1) is 17.1. The predicted molar refractivity (Wildman–Crippen MR) is 102 cm³/mol. The van der Waals surface area contributed by atoms with Crippen LogP contribution in [0.2, 0.25) is 5.02 Å². The van der Waals surface area contributed by atoms with Gasteiger partial charge in [-0.15, -0.1) is 0 Å². The van der Waals surface area contributed by atoms with Crippen molar-refractivity contribution in [1.29, 1.82) is 0 Å². The zero-order valence-electron chi connectivity index (χ0n) is 14.3. The Morgan fingerprint density at radius 2 is 1.89 bits per heavy atom. The van der Waals surface area contributed by atoms with E-state index in [2.05, 4.69) is 20.6 Å². The van der Waals surface area contributed by atoms with Gasteiger partial charge in [0, 0.05) is 28.5 Å². The molecule has 1 aliphatic heterocycles. The van der Waals surface area contributed by atoms with E-state index >= 15 is 0 Å². The van der Waals surface area contributed by atoms with Crippen molar-refractivity contribution in [2.24, 2.45) is 0 Å². The zero-order valence-corrected chi connectivity index (χ0v) is 15.1. The second-order valence-corrected chi connectivity index (χ2v) is 6.28. The van der Waals surface area contributed by atoms with E-state index in [0.29, 0.717) is 33.9 Å². The van der Waals surface area contributed by atoms with Crippen LogP contribution >= 0.6 is 11.6 Å². The molecular formula is C19H15ClN4O3. The van der Waals surface area contributed by atoms with E-state index in [1.165, 1.54) is 0 Å². The third kappa shape index (κ3) is 3.93. The van der Waals surface area contributed by atoms with Crippen LogP contribution in [0.3, 0.4) is 0 Å². The highest BCUT2D eigenvalue weighted by molar-refractivity contribution is 6.30. The highest BCUT2D eigenvalue weighted by Crippen LogP contribution is 2.34. The molecule has 4 rings (SSSR count). The van der Waals surface area contributed by atoms with E-state index in [0.717, 1.165) is 5.69 Å². The Hall–Kier alpha value is -3.32. The molecule has 0 saturated heterocycles. The summed E-state index contributed by atoms with van der Waals surface area (Å²) in [4.78, 5) is 21.1. The lowest BCUT2D eigenvalue weighted by Crippen LogP contribution is -2.15. The van der Waals surface area contributed by atoms with E-state index < -0.39 is 0 Å². The van der Waals surface area contributed by atoms with Crippen LogP contribution in [0.1, 0.15) is 16.3 Å². The Morgan fingerprint density at radius 3 is 2.74 bits per heavy atom. The summed E-state index contributed by atoms with van der Waals surface area (Å²) in [6.07, 6.45) is 0. The van der Waals surface area contributed by atoms with Gasteiger partial charge >= 0.3 is 0 Å². The van der Waals surface area contributed by atoms with Gasteiger partial charge in [-0.25, -0.2) is 9.97 Å². The number of fused-ring (bicyclic) bond motifs is 1. The van der Waals surface area contributed by atoms with Crippen LogP contribution in [0.5, 0.6) is 11.5 Å². The third-order valence-corrected chi connectivity index (χ3v) is 4.03. The van der Waals surface area contributed by atoms with E-state index in [-0.39, 0.29) is 18.4 Å². The molecule has 0 unspecified atom stereocenters. The average Bonchev–Trinajstić information content (AvgIpc) is 3.09. The standard InChI is InChI=1S/C19H15ClN4O3/c1-11-21-15(9-18(22-11)23-13-4-2-3-12(20)7-13)19(25)24-14-5-6-16-17(8-14)27-10-26-16/h2-9H,10H2,1H3,(H,24,25)(H,21,22,23). The lowest BCUT2D eigenvalue weighted by Gasteiger charge is -2.10. The molecule has 0 spiro atoms. The monoisotopic (exact) mass is 382 g/mol. The predicted octanol–water partition coefficient (Wildman–Crippen LogP) is 4.16. The van der Waals surface area contributed by atoms with Crippen LogP contribution < -0.4 is 20.1 Å². The highest BCUT2D eigenvalue weighted by Gasteiger charge is 2.16. The van der Waals surface area contributed by atoms with Crippen molar-refractivity contribution >= 4 is 34.7 Å². The summed E-state index contributed by atoms with van der Waals surface area (Å²) in [6, 6.07) is 14.0. The first-order valence-electron chi connectivity index (χ1n) is 8.16. The fourth-order valence-corrected chi connectivity index (χ4v) is 2.82. The SMILES string of the molecule is Cc1nc(Nc2cccc(Cl)c2)cc(C(=O)Nc2ccc3c(c2)OCO3)n1. The summed E-state index contributed by atoms with van der Waals surface area (Å²) in [5.74, 6) is 1.86. The van der Waals surface area contributed by atoms with Crippen LogP contribution in [0.25, 0.3) is 0 Å². The van der Waals surface area contributed by atoms with Gasteiger partial charge in [-0.2, -0.15) is 0 Å². The number of carbonyl (C=O) groups is 1. The van der Waals surface area contributed by atoms with Gasteiger partial charge in [-0.3, -0.25) is 4.79 Å².